The third kappa shape index (κ3) is 4.20. The minimum atomic E-state index is -0.452. The normalized spacial score (nSPS) is 10.5. The zero-order valence-corrected chi connectivity index (χ0v) is 11.4. The van der Waals surface area contributed by atoms with Crippen molar-refractivity contribution < 1.29 is 14.6 Å². The molecule has 0 aliphatic heterocycles. The van der Waals surface area contributed by atoms with E-state index >= 15 is 0 Å². The summed E-state index contributed by atoms with van der Waals surface area (Å²) in [5.74, 6) is 0.346. The molecule has 0 radical (unpaired) electrons. The summed E-state index contributed by atoms with van der Waals surface area (Å²) in [4.78, 5) is 13.5. The third-order valence-electron chi connectivity index (χ3n) is 2.45. The van der Waals surface area contributed by atoms with Crippen molar-refractivity contribution in [2.75, 3.05) is 13.2 Å². The highest BCUT2D eigenvalue weighted by Gasteiger charge is 2.19. The van der Waals surface area contributed by atoms with Gasteiger partial charge >= 0.3 is 6.09 Å². The van der Waals surface area contributed by atoms with Crippen LogP contribution in [-0.4, -0.2) is 35.3 Å². The molecule has 0 aromatic heterocycles. The smallest absolute Gasteiger partial charge is 0.409 e. The molecule has 4 nitrogen and oxygen atoms in total. The molecular weight excluding hydrogens is 254 g/mol. The van der Waals surface area contributed by atoms with Gasteiger partial charge in [-0.05, 0) is 32.4 Å². The number of rotatable bonds is 5. The standard InChI is InChI=1S/C13H18ClNO3/c1-10(2)15(8-5-9-16)13(17)18-12-7-4-3-6-11(12)14/h3-4,6-7,10,16H,5,8-9H2,1-2H3. The lowest BCUT2D eigenvalue weighted by molar-refractivity contribution is 0.133. The summed E-state index contributed by atoms with van der Waals surface area (Å²) in [6.45, 7) is 4.29. The van der Waals surface area contributed by atoms with E-state index < -0.39 is 6.09 Å². The van der Waals surface area contributed by atoms with E-state index in [1.54, 1.807) is 29.2 Å². The largest absolute Gasteiger partial charge is 0.415 e. The van der Waals surface area contributed by atoms with Gasteiger partial charge in [0.1, 0.15) is 0 Å². The molecule has 0 saturated carbocycles. The Hall–Kier alpha value is -1.26. The molecule has 0 bridgehead atoms. The van der Waals surface area contributed by atoms with Gasteiger partial charge in [0.15, 0.2) is 5.75 Å². The first-order valence-electron chi connectivity index (χ1n) is 5.90. The Morgan fingerprint density at radius 2 is 2.11 bits per heavy atom. The molecule has 1 amide bonds. The van der Waals surface area contributed by atoms with Crippen molar-refractivity contribution in [3.63, 3.8) is 0 Å². The van der Waals surface area contributed by atoms with Crippen LogP contribution in [-0.2, 0) is 0 Å². The second-order valence-corrected chi connectivity index (χ2v) is 4.57. The van der Waals surface area contributed by atoms with Crippen LogP contribution in [0.4, 0.5) is 4.79 Å². The first kappa shape index (κ1) is 14.8. The zero-order chi connectivity index (χ0) is 13.5. The van der Waals surface area contributed by atoms with E-state index in [9.17, 15) is 4.79 Å². The van der Waals surface area contributed by atoms with Crippen LogP contribution in [0.1, 0.15) is 20.3 Å². The highest BCUT2D eigenvalue weighted by atomic mass is 35.5. The Balaban J connectivity index is 2.70. The van der Waals surface area contributed by atoms with Crippen molar-refractivity contribution in [2.24, 2.45) is 0 Å². The highest BCUT2D eigenvalue weighted by molar-refractivity contribution is 6.32. The predicted molar refractivity (Wildman–Crippen MR) is 71.0 cm³/mol. The summed E-state index contributed by atoms with van der Waals surface area (Å²) in [5, 5.41) is 9.21. The molecule has 0 unspecified atom stereocenters. The average Bonchev–Trinajstić information content (AvgIpc) is 2.32. The molecule has 1 aromatic carbocycles. The Morgan fingerprint density at radius 3 is 2.67 bits per heavy atom. The van der Waals surface area contributed by atoms with Crippen LogP contribution in [0.2, 0.25) is 5.02 Å². The maximum absolute atomic E-state index is 12.0. The summed E-state index contributed by atoms with van der Waals surface area (Å²) in [6.07, 6.45) is 0.0713. The third-order valence-corrected chi connectivity index (χ3v) is 2.76. The Bertz CT molecular complexity index is 396. The van der Waals surface area contributed by atoms with E-state index in [1.165, 1.54) is 0 Å². The van der Waals surface area contributed by atoms with E-state index in [0.717, 1.165) is 0 Å². The van der Waals surface area contributed by atoms with E-state index in [2.05, 4.69) is 0 Å². The molecule has 0 saturated heterocycles. The lowest BCUT2D eigenvalue weighted by Crippen LogP contribution is -2.40. The number of nitrogens with zero attached hydrogens (tertiary/aromatic N) is 1. The second-order valence-electron chi connectivity index (χ2n) is 4.16. The van der Waals surface area contributed by atoms with Gasteiger partial charge in [-0.15, -0.1) is 0 Å². The quantitative estimate of drug-likeness (QED) is 0.896. The summed E-state index contributed by atoms with van der Waals surface area (Å²) in [6, 6.07) is 6.84. The zero-order valence-electron chi connectivity index (χ0n) is 10.6. The molecule has 0 fully saturated rings. The molecule has 0 spiro atoms. The Labute approximate surface area is 112 Å². The molecule has 1 N–H and O–H groups in total. The number of ether oxygens (including phenoxy) is 1. The number of carbonyl (C=O) groups excluding carboxylic acids is 1. The van der Waals surface area contributed by atoms with Crippen molar-refractivity contribution >= 4 is 17.7 Å². The second kappa shape index (κ2) is 7.24. The van der Waals surface area contributed by atoms with E-state index in [4.69, 9.17) is 21.4 Å². The molecule has 0 atom stereocenters. The number of para-hydroxylation sites is 1. The van der Waals surface area contributed by atoms with Gasteiger partial charge in [-0.2, -0.15) is 0 Å². The van der Waals surface area contributed by atoms with Gasteiger partial charge in [-0.1, -0.05) is 23.7 Å². The molecule has 5 heteroatoms. The van der Waals surface area contributed by atoms with Crippen molar-refractivity contribution in [3.05, 3.63) is 29.3 Å². The van der Waals surface area contributed by atoms with Crippen LogP contribution in [0.25, 0.3) is 0 Å². The van der Waals surface area contributed by atoms with E-state index in [0.29, 0.717) is 23.7 Å². The maximum atomic E-state index is 12.0. The van der Waals surface area contributed by atoms with Crippen molar-refractivity contribution in [1.82, 2.24) is 4.90 Å². The van der Waals surface area contributed by atoms with Crippen LogP contribution >= 0.6 is 11.6 Å². The van der Waals surface area contributed by atoms with Crippen LogP contribution < -0.4 is 4.74 Å². The summed E-state index contributed by atoms with van der Waals surface area (Å²) in [5.41, 5.74) is 0. The number of halogens is 1. The van der Waals surface area contributed by atoms with Gasteiger partial charge in [-0.3, -0.25) is 0 Å². The summed E-state index contributed by atoms with van der Waals surface area (Å²) in [7, 11) is 0. The number of carbonyl (C=O) groups is 1. The molecule has 18 heavy (non-hydrogen) atoms. The molecule has 1 aromatic rings. The molecule has 0 aliphatic rings. The van der Waals surface area contributed by atoms with E-state index in [-0.39, 0.29) is 12.6 Å². The van der Waals surface area contributed by atoms with Crippen molar-refractivity contribution in [1.29, 1.82) is 0 Å². The molecule has 0 heterocycles. The van der Waals surface area contributed by atoms with Crippen LogP contribution in [0.5, 0.6) is 5.75 Å². The minimum Gasteiger partial charge on any atom is -0.409 e. The van der Waals surface area contributed by atoms with Gasteiger partial charge in [0, 0.05) is 19.2 Å². The first-order chi connectivity index (χ1) is 8.56. The topological polar surface area (TPSA) is 49.8 Å². The minimum absolute atomic E-state index is 0.00605. The Kier molecular flexibility index (Phi) is 5.95. The first-order valence-corrected chi connectivity index (χ1v) is 6.28. The molecule has 100 valence electrons. The number of benzene rings is 1. The van der Waals surface area contributed by atoms with Gasteiger partial charge in [0.25, 0.3) is 0 Å². The summed E-state index contributed by atoms with van der Waals surface area (Å²) < 4.78 is 5.24. The molecular formula is C13H18ClNO3. The van der Waals surface area contributed by atoms with Gasteiger partial charge < -0.3 is 14.7 Å². The van der Waals surface area contributed by atoms with Crippen LogP contribution in [0, 0.1) is 0 Å². The van der Waals surface area contributed by atoms with Crippen LogP contribution in [0.15, 0.2) is 24.3 Å². The lowest BCUT2D eigenvalue weighted by Gasteiger charge is -2.25. The number of amides is 1. The van der Waals surface area contributed by atoms with E-state index in [1.807, 2.05) is 13.8 Å². The van der Waals surface area contributed by atoms with Crippen molar-refractivity contribution in [2.45, 2.75) is 26.3 Å². The number of aliphatic hydroxyl groups excluding tert-OH is 1. The monoisotopic (exact) mass is 271 g/mol. The highest BCUT2D eigenvalue weighted by Crippen LogP contribution is 2.24. The van der Waals surface area contributed by atoms with Gasteiger partial charge in [0.05, 0.1) is 5.02 Å². The fraction of sp³-hybridized carbons (Fsp3) is 0.462. The lowest BCUT2D eigenvalue weighted by atomic mass is 10.3. The fourth-order valence-electron chi connectivity index (χ4n) is 1.48. The maximum Gasteiger partial charge on any atom is 0.415 e. The SMILES string of the molecule is CC(C)N(CCCO)C(=O)Oc1ccccc1Cl. The van der Waals surface area contributed by atoms with Crippen LogP contribution in [0.3, 0.4) is 0 Å². The molecule has 0 aliphatic carbocycles. The number of aliphatic hydroxyl groups is 1. The average molecular weight is 272 g/mol. The Morgan fingerprint density at radius 1 is 1.44 bits per heavy atom. The van der Waals surface area contributed by atoms with Crippen molar-refractivity contribution in [3.8, 4) is 5.75 Å². The summed E-state index contributed by atoms with van der Waals surface area (Å²) >= 11 is 5.92. The number of hydrogen-bond acceptors (Lipinski definition) is 3. The fourth-order valence-corrected chi connectivity index (χ4v) is 1.66. The van der Waals surface area contributed by atoms with Gasteiger partial charge in [0.2, 0.25) is 0 Å². The number of hydrogen-bond donors (Lipinski definition) is 1. The van der Waals surface area contributed by atoms with Gasteiger partial charge in [-0.25, -0.2) is 4.79 Å². The molecule has 1 rings (SSSR count). The predicted octanol–water partition coefficient (Wildman–Crippen LogP) is 2.93.